The van der Waals surface area contributed by atoms with Crippen LogP contribution in [0.15, 0.2) is 24.3 Å². The number of carbonyl (C=O) groups excluding carboxylic acids is 2. The molecule has 1 rings (SSSR count). The summed E-state index contributed by atoms with van der Waals surface area (Å²) in [6.45, 7) is 2.17. The molecule has 0 aliphatic carbocycles. The van der Waals surface area contributed by atoms with Crippen molar-refractivity contribution in [1.82, 2.24) is 5.32 Å². The van der Waals surface area contributed by atoms with Crippen LogP contribution in [0.4, 0.5) is 4.39 Å². The van der Waals surface area contributed by atoms with Crippen LogP contribution in [0.2, 0.25) is 5.02 Å². The summed E-state index contributed by atoms with van der Waals surface area (Å²) in [7, 11) is 1.52. The minimum atomic E-state index is -0.925. The SMILES string of the molecule is COCCNC(=O)[C@H](C)OC(=O)/C=C/c1ccc(F)c(Cl)c1. The zero-order valence-electron chi connectivity index (χ0n) is 12.3. The molecule has 0 aliphatic heterocycles. The Bertz CT molecular complexity index is 562. The van der Waals surface area contributed by atoms with Gasteiger partial charge in [0.05, 0.1) is 11.6 Å². The lowest BCUT2D eigenvalue weighted by Crippen LogP contribution is -2.37. The van der Waals surface area contributed by atoms with E-state index in [2.05, 4.69) is 5.32 Å². The number of hydrogen-bond acceptors (Lipinski definition) is 4. The van der Waals surface area contributed by atoms with Crippen LogP contribution in [0.3, 0.4) is 0 Å². The first-order valence-electron chi connectivity index (χ1n) is 6.54. The molecule has 22 heavy (non-hydrogen) atoms. The van der Waals surface area contributed by atoms with Crippen molar-refractivity contribution in [1.29, 1.82) is 0 Å². The van der Waals surface area contributed by atoms with Gasteiger partial charge in [0.25, 0.3) is 5.91 Å². The summed E-state index contributed by atoms with van der Waals surface area (Å²) >= 11 is 5.63. The molecular formula is C15H17ClFNO4. The lowest BCUT2D eigenvalue weighted by atomic mass is 10.2. The number of nitrogens with one attached hydrogen (secondary N) is 1. The highest BCUT2D eigenvalue weighted by atomic mass is 35.5. The second-order valence-corrected chi connectivity index (χ2v) is 4.78. The lowest BCUT2D eigenvalue weighted by molar-refractivity contribution is -0.150. The average Bonchev–Trinajstić information content (AvgIpc) is 2.48. The van der Waals surface area contributed by atoms with Gasteiger partial charge in [0.15, 0.2) is 6.10 Å². The number of rotatable bonds is 7. The second-order valence-electron chi connectivity index (χ2n) is 4.37. The van der Waals surface area contributed by atoms with Crippen molar-refractivity contribution in [2.24, 2.45) is 0 Å². The van der Waals surface area contributed by atoms with Gasteiger partial charge in [-0.3, -0.25) is 4.79 Å². The highest BCUT2D eigenvalue weighted by Gasteiger charge is 2.15. The summed E-state index contributed by atoms with van der Waals surface area (Å²) in [5, 5.41) is 2.51. The Morgan fingerprint density at radius 2 is 2.18 bits per heavy atom. The first kappa shape index (κ1) is 18.1. The van der Waals surface area contributed by atoms with E-state index in [0.717, 1.165) is 6.08 Å². The maximum absolute atomic E-state index is 13.0. The molecule has 0 heterocycles. The van der Waals surface area contributed by atoms with Crippen LogP contribution in [0.25, 0.3) is 6.08 Å². The lowest BCUT2D eigenvalue weighted by Gasteiger charge is -2.11. The molecule has 0 radical (unpaired) electrons. The molecule has 0 spiro atoms. The summed E-state index contributed by atoms with van der Waals surface area (Å²) in [5.74, 6) is -1.64. The van der Waals surface area contributed by atoms with Gasteiger partial charge in [-0.2, -0.15) is 0 Å². The summed E-state index contributed by atoms with van der Waals surface area (Å²) in [4.78, 5) is 23.2. The zero-order valence-corrected chi connectivity index (χ0v) is 13.0. The number of amides is 1. The van der Waals surface area contributed by atoms with Crippen molar-refractivity contribution < 1.29 is 23.5 Å². The molecule has 0 saturated carbocycles. The Morgan fingerprint density at radius 3 is 2.82 bits per heavy atom. The Morgan fingerprint density at radius 1 is 1.45 bits per heavy atom. The molecule has 0 aromatic heterocycles. The van der Waals surface area contributed by atoms with Crippen LogP contribution in [0.5, 0.6) is 0 Å². The number of methoxy groups -OCH3 is 1. The van der Waals surface area contributed by atoms with Crippen LogP contribution >= 0.6 is 11.6 Å². The number of benzene rings is 1. The predicted octanol–water partition coefficient (Wildman–Crippen LogP) is 2.19. The first-order chi connectivity index (χ1) is 10.4. The number of halogens is 2. The number of hydrogen-bond donors (Lipinski definition) is 1. The van der Waals surface area contributed by atoms with Crippen molar-refractivity contribution in [3.63, 3.8) is 0 Å². The van der Waals surface area contributed by atoms with Crippen LogP contribution in [0.1, 0.15) is 12.5 Å². The minimum Gasteiger partial charge on any atom is -0.449 e. The van der Waals surface area contributed by atoms with Gasteiger partial charge in [-0.1, -0.05) is 17.7 Å². The molecule has 0 saturated heterocycles. The highest BCUT2D eigenvalue weighted by molar-refractivity contribution is 6.30. The quantitative estimate of drug-likeness (QED) is 0.473. The van der Waals surface area contributed by atoms with E-state index in [0.29, 0.717) is 18.7 Å². The predicted molar refractivity (Wildman–Crippen MR) is 80.9 cm³/mol. The fourth-order valence-corrected chi connectivity index (χ4v) is 1.66. The van der Waals surface area contributed by atoms with Gasteiger partial charge in [-0.05, 0) is 30.7 Å². The Kier molecular flexibility index (Phi) is 7.56. The summed E-state index contributed by atoms with van der Waals surface area (Å²) in [6, 6.07) is 4.03. The molecule has 5 nitrogen and oxygen atoms in total. The highest BCUT2D eigenvalue weighted by Crippen LogP contribution is 2.16. The van der Waals surface area contributed by atoms with Gasteiger partial charge in [-0.15, -0.1) is 0 Å². The van der Waals surface area contributed by atoms with Crippen molar-refractivity contribution in [2.45, 2.75) is 13.0 Å². The molecule has 1 atom stereocenters. The van der Waals surface area contributed by atoms with Gasteiger partial charge in [0.2, 0.25) is 0 Å². The average molecular weight is 330 g/mol. The summed E-state index contributed by atoms with van der Waals surface area (Å²) < 4.78 is 22.7. The van der Waals surface area contributed by atoms with Gasteiger partial charge in [0.1, 0.15) is 5.82 Å². The van der Waals surface area contributed by atoms with Crippen molar-refractivity contribution >= 4 is 29.6 Å². The first-order valence-corrected chi connectivity index (χ1v) is 6.92. The van der Waals surface area contributed by atoms with Crippen molar-refractivity contribution in [3.05, 3.63) is 40.7 Å². The smallest absolute Gasteiger partial charge is 0.331 e. The Balaban J connectivity index is 2.49. The fourth-order valence-electron chi connectivity index (χ4n) is 1.47. The van der Waals surface area contributed by atoms with Crippen LogP contribution in [-0.4, -0.2) is 38.2 Å². The molecule has 0 fully saturated rings. The summed E-state index contributed by atoms with van der Waals surface area (Å²) in [5.41, 5.74) is 0.542. The van der Waals surface area contributed by atoms with E-state index in [-0.39, 0.29) is 5.02 Å². The molecule has 1 aromatic carbocycles. The zero-order chi connectivity index (χ0) is 16.5. The van der Waals surface area contributed by atoms with Gasteiger partial charge >= 0.3 is 5.97 Å². The molecular weight excluding hydrogens is 313 g/mol. The number of carbonyl (C=O) groups is 2. The third-order valence-electron chi connectivity index (χ3n) is 2.62. The minimum absolute atomic E-state index is 0.0404. The Labute approximate surface area is 133 Å². The molecule has 1 amide bonds. The van der Waals surface area contributed by atoms with Crippen LogP contribution in [-0.2, 0) is 19.1 Å². The maximum Gasteiger partial charge on any atom is 0.331 e. The standard InChI is InChI=1S/C15H17ClFNO4/c1-10(15(20)18-7-8-21-2)22-14(19)6-4-11-3-5-13(17)12(16)9-11/h3-6,9-10H,7-8H2,1-2H3,(H,18,20)/b6-4+/t10-/m0/s1. The van der Waals surface area contributed by atoms with E-state index in [1.807, 2.05) is 0 Å². The van der Waals surface area contributed by atoms with Crippen LogP contribution < -0.4 is 5.32 Å². The molecule has 1 N–H and O–H groups in total. The third-order valence-corrected chi connectivity index (χ3v) is 2.91. The van der Waals surface area contributed by atoms with Gasteiger partial charge < -0.3 is 14.8 Å². The monoisotopic (exact) mass is 329 g/mol. The van der Waals surface area contributed by atoms with Gasteiger partial charge in [0, 0.05) is 19.7 Å². The second kappa shape index (κ2) is 9.17. The molecule has 120 valence electrons. The third kappa shape index (κ3) is 6.24. The number of esters is 1. The number of ether oxygens (including phenoxy) is 2. The fraction of sp³-hybridized carbons (Fsp3) is 0.333. The van der Waals surface area contributed by atoms with E-state index in [9.17, 15) is 14.0 Å². The largest absolute Gasteiger partial charge is 0.449 e. The van der Waals surface area contributed by atoms with Crippen molar-refractivity contribution in [2.75, 3.05) is 20.3 Å². The van der Waals surface area contributed by atoms with E-state index in [1.165, 1.54) is 38.3 Å². The summed E-state index contributed by atoms with van der Waals surface area (Å²) in [6.07, 6.45) is 1.64. The topological polar surface area (TPSA) is 64.6 Å². The van der Waals surface area contributed by atoms with Gasteiger partial charge in [-0.25, -0.2) is 9.18 Å². The molecule has 1 aromatic rings. The van der Waals surface area contributed by atoms with E-state index < -0.39 is 23.8 Å². The van der Waals surface area contributed by atoms with Crippen molar-refractivity contribution in [3.8, 4) is 0 Å². The van der Waals surface area contributed by atoms with Crippen LogP contribution in [0, 0.1) is 5.82 Å². The Hall–Kier alpha value is -1.92. The molecule has 7 heteroatoms. The normalized spacial score (nSPS) is 12.2. The molecule has 0 aliphatic rings. The molecule has 0 unspecified atom stereocenters. The van der Waals surface area contributed by atoms with E-state index >= 15 is 0 Å². The van der Waals surface area contributed by atoms with E-state index in [4.69, 9.17) is 21.1 Å². The maximum atomic E-state index is 13.0. The molecule has 0 bridgehead atoms. The van der Waals surface area contributed by atoms with E-state index in [1.54, 1.807) is 0 Å².